The Balaban J connectivity index is 1.74. The Morgan fingerprint density at radius 2 is 1.90 bits per heavy atom. The zero-order chi connectivity index (χ0) is 21.5. The van der Waals surface area contributed by atoms with Gasteiger partial charge in [0, 0.05) is 17.3 Å². The minimum Gasteiger partial charge on any atom is -0.493 e. The van der Waals surface area contributed by atoms with E-state index in [1.165, 1.54) is 14.2 Å². The summed E-state index contributed by atoms with van der Waals surface area (Å²) in [7, 11) is 3.04. The highest BCUT2D eigenvalue weighted by Gasteiger charge is 2.15. The Labute approximate surface area is 176 Å². The number of amides is 1. The van der Waals surface area contributed by atoms with E-state index in [4.69, 9.17) is 9.47 Å². The van der Waals surface area contributed by atoms with Crippen molar-refractivity contribution in [1.29, 1.82) is 5.26 Å². The molecule has 2 N–H and O–H groups in total. The topological polar surface area (TPSA) is 117 Å². The van der Waals surface area contributed by atoms with E-state index in [2.05, 4.69) is 15.3 Å². The summed E-state index contributed by atoms with van der Waals surface area (Å²) in [6.07, 6.45) is 0. The highest BCUT2D eigenvalue weighted by molar-refractivity contribution is 7.99. The molecule has 30 heavy (non-hydrogen) atoms. The SMILES string of the molecule is COc1ccc(NC(=O)CSc2nc(-c3ccccc3)c(C#N)c(=O)[nH]2)cc1OC. The van der Waals surface area contributed by atoms with E-state index in [9.17, 15) is 14.9 Å². The van der Waals surface area contributed by atoms with Crippen molar-refractivity contribution in [2.75, 3.05) is 25.3 Å². The number of thioether (sulfide) groups is 1. The van der Waals surface area contributed by atoms with Gasteiger partial charge in [-0.05, 0) is 12.1 Å². The van der Waals surface area contributed by atoms with Gasteiger partial charge < -0.3 is 19.8 Å². The highest BCUT2D eigenvalue weighted by atomic mass is 32.2. The van der Waals surface area contributed by atoms with Gasteiger partial charge in [0.05, 0.1) is 25.7 Å². The lowest BCUT2D eigenvalue weighted by atomic mass is 10.1. The number of H-pyrrole nitrogens is 1. The van der Waals surface area contributed by atoms with E-state index in [0.717, 1.165) is 11.8 Å². The molecule has 8 nitrogen and oxygen atoms in total. The van der Waals surface area contributed by atoms with Crippen LogP contribution in [0.1, 0.15) is 5.56 Å². The number of aromatic amines is 1. The summed E-state index contributed by atoms with van der Waals surface area (Å²) in [5.41, 5.74) is 0.861. The maximum absolute atomic E-state index is 12.3. The van der Waals surface area contributed by atoms with E-state index < -0.39 is 5.56 Å². The van der Waals surface area contributed by atoms with Crippen LogP contribution in [0.3, 0.4) is 0 Å². The number of hydrogen-bond acceptors (Lipinski definition) is 7. The molecule has 0 saturated heterocycles. The van der Waals surface area contributed by atoms with Crippen LogP contribution < -0.4 is 20.3 Å². The molecule has 0 saturated carbocycles. The minimum atomic E-state index is -0.547. The number of benzene rings is 2. The molecule has 1 heterocycles. The van der Waals surface area contributed by atoms with Crippen LogP contribution in [0, 0.1) is 11.3 Å². The predicted octanol–water partition coefficient (Wildman–Crippen LogP) is 3.06. The van der Waals surface area contributed by atoms with E-state index in [-0.39, 0.29) is 28.1 Å². The molecule has 0 atom stereocenters. The van der Waals surface area contributed by atoms with Crippen LogP contribution in [-0.2, 0) is 4.79 Å². The molecule has 0 aliphatic rings. The molecule has 0 radical (unpaired) electrons. The maximum atomic E-state index is 12.3. The second-order valence-corrected chi connectivity index (χ2v) is 6.94. The Morgan fingerprint density at radius 1 is 1.17 bits per heavy atom. The Hall–Kier alpha value is -3.77. The average molecular weight is 422 g/mol. The Kier molecular flexibility index (Phi) is 6.72. The summed E-state index contributed by atoms with van der Waals surface area (Å²) < 4.78 is 10.4. The molecular formula is C21H18N4O4S. The van der Waals surface area contributed by atoms with Gasteiger partial charge in [-0.25, -0.2) is 4.98 Å². The number of aromatic nitrogens is 2. The number of rotatable bonds is 7. The first kappa shape index (κ1) is 21.0. The standard InChI is InChI=1S/C21H18N4O4S/c1-28-16-9-8-14(10-17(16)29-2)23-18(26)12-30-21-24-19(13-6-4-3-5-7-13)15(11-22)20(27)25-21/h3-10H,12H2,1-2H3,(H,23,26)(H,24,25,27). The molecule has 3 aromatic rings. The third kappa shape index (κ3) is 4.79. The second kappa shape index (κ2) is 9.62. The molecule has 152 valence electrons. The van der Waals surface area contributed by atoms with E-state index in [1.54, 1.807) is 42.5 Å². The van der Waals surface area contributed by atoms with Gasteiger partial charge in [0.2, 0.25) is 5.91 Å². The van der Waals surface area contributed by atoms with Crippen LogP contribution in [0.2, 0.25) is 0 Å². The minimum absolute atomic E-state index is 0.0113. The summed E-state index contributed by atoms with van der Waals surface area (Å²) in [6, 6.07) is 15.9. The lowest BCUT2D eigenvalue weighted by Crippen LogP contribution is -2.17. The van der Waals surface area contributed by atoms with Crippen molar-refractivity contribution in [3.05, 3.63) is 64.4 Å². The number of nitrogens with zero attached hydrogens (tertiary/aromatic N) is 2. The number of carbonyl (C=O) groups excluding carboxylic acids is 1. The number of nitrogens with one attached hydrogen (secondary N) is 2. The van der Waals surface area contributed by atoms with Crippen LogP contribution in [0.5, 0.6) is 11.5 Å². The fraction of sp³-hybridized carbons (Fsp3) is 0.143. The number of nitriles is 1. The Bertz CT molecular complexity index is 1160. The average Bonchev–Trinajstić information content (AvgIpc) is 2.77. The fourth-order valence-electron chi connectivity index (χ4n) is 2.67. The van der Waals surface area contributed by atoms with Crippen LogP contribution in [0.15, 0.2) is 58.5 Å². The van der Waals surface area contributed by atoms with Crippen LogP contribution >= 0.6 is 11.8 Å². The van der Waals surface area contributed by atoms with Crippen LogP contribution in [0.25, 0.3) is 11.3 Å². The summed E-state index contributed by atoms with van der Waals surface area (Å²) in [4.78, 5) is 31.5. The molecular weight excluding hydrogens is 404 g/mol. The lowest BCUT2D eigenvalue weighted by molar-refractivity contribution is -0.113. The number of anilines is 1. The predicted molar refractivity (Wildman–Crippen MR) is 114 cm³/mol. The molecule has 0 bridgehead atoms. The lowest BCUT2D eigenvalue weighted by Gasteiger charge is -2.10. The molecule has 0 unspecified atom stereocenters. The van der Waals surface area contributed by atoms with Gasteiger partial charge in [0.25, 0.3) is 5.56 Å². The first-order valence-electron chi connectivity index (χ1n) is 8.80. The van der Waals surface area contributed by atoms with Crippen molar-refractivity contribution >= 4 is 23.4 Å². The Morgan fingerprint density at radius 3 is 2.57 bits per heavy atom. The molecule has 2 aromatic carbocycles. The fourth-order valence-corrected chi connectivity index (χ4v) is 3.34. The third-order valence-electron chi connectivity index (χ3n) is 4.06. The highest BCUT2D eigenvalue weighted by Crippen LogP contribution is 2.30. The molecule has 0 spiro atoms. The van der Waals surface area contributed by atoms with Crippen molar-refractivity contribution in [3.63, 3.8) is 0 Å². The van der Waals surface area contributed by atoms with Gasteiger partial charge in [-0.2, -0.15) is 5.26 Å². The van der Waals surface area contributed by atoms with Gasteiger partial charge in [-0.1, -0.05) is 42.1 Å². The summed E-state index contributed by atoms with van der Waals surface area (Å²) in [5, 5.41) is 12.3. The first-order chi connectivity index (χ1) is 14.5. The molecule has 1 aromatic heterocycles. The van der Waals surface area contributed by atoms with E-state index in [1.807, 2.05) is 12.1 Å². The maximum Gasteiger partial charge on any atom is 0.270 e. The van der Waals surface area contributed by atoms with Crippen molar-refractivity contribution in [1.82, 2.24) is 9.97 Å². The summed E-state index contributed by atoms with van der Waals surface area (Å²) >= 11 is 1.06. The van der Waals surface area contributed by atoms with Gasteiger partial charge in [0.1, 0.15) is 11.6 Å². The molecule has 9 heteroatoms. The molecule has 1 amide bonds. The number of methoxy groups -OCH3 is 2. The monoisotopic (exact) mass is 422 g/mol. The zero-order valence-corrected chi connectivity index (χ0v) is 17.1. The van der Waals surface area contributed by atoms with Gasteiger partial charge >= 0.3 is 0 Å². The van der Waals surface area contributed by atoms with Gasteiger partial charge in [-0.15, -0.1) is 0 Å². The van der Waals surface area contributed by atoms with E-state index in [0.29, 0.717) is 22.7 Å². The van der Waals surface area contributed by atoms with Crippen molar-refractivity contribution in [2.45, 2.75) is 5.16 Å². The number of hydrogen-bond donors (Lipinski definition) is 2. The molecule has 3 rings (SSSR count). The number of carbonyl (C=O) groups is 1. The molecule has 0 aliphatic heterocycles. The molecule has 0 fully saturated rings. The second-order valence-electron chi connectivity index (χ2n) is 5.98. The smallest absolute Gasteiger partial charge is 0.270 e. The quantitative estimate of drug-likeness (QED) is 0.444. The summed E-state index contributed by atoms with van der Waals surface area (Å²) in [5.74, 6) is 0.768. The zero-order valence-electron chi connectivity index (χ0n) is 16.3. The first-order valence-corrected chi connectivity index (χ1v) is 9.78. The van der Waals surface area contributed by atoms with Crippen molar-refractivity contribution in [2.24, 2.45) is 0 Å². The van der Waals surface area contributed by atoms with Crippen LogP contribution in [0.4, 0.5) is 5.69 Å². The van der Waals surface area contributed by atoms with E-state index >= 15 is 0 Å². The normalized spacial score (nSPS) is 10.2. The largest absolute Gasteiger partial charge is 0.493 e. The van der Waals surface area contributed by atoms with Gasteiger partial charge in [0.15, 0.2) is 16.7 Å². The van der Waals surface area contributed by atoms with Crippen molar-refractivity contribution < 1.29 is 14.3 Å². The third-order valence-corrected chi connectivity index (χ3v) is 4.94. The van der Waals surface area contributed by atoms with Crippen molar-refractivity contribution in [3.8, 4) is 28.8 Å². The number of ether oxygens (including phenoxy) is 2. The summed E-state index contributed by atoms with van der Waals surface area (Å²) in [6.45, 7) is 0. The molecule has 0 aliphatic carbocycles. The van der Waals surface area contributed by atoms with Gasteiger partial charge in [-0.3, -0.25) is 9.59 Å². The van der Waals surface area contributed by atoms with Crippen LogP contribution in [-0.4, -0.2) is 35.8 Å².